The van der Waals surface area contributed by atoms with Crippen molar-refractivity contribution in [2.45, 2.75) is 44.6 Å². The number of unbranched alkanes of at least 4 members (excludes halogenated alkanes) is 1. The predicted molar refractivity (Wildman–Crippen MR) is 146 cm³/mol. The van der Waals surface area contributed by atoms with Gasteiger partial charge in [-0.1, -0.05) is 23.4 Å². The summed E-state index contributed by atoms with van der Waals surface area (Å²) in [6, 6.07) is 18.4. The summed E-state index contributed by atoms with van der Waals surface area (Å²) in [6.07, 6.45) is 1.76. The zero-order valence-corrected chi connectivity index (χ0v) is 21.6. The molecule has 5 aromatic rings. The number of aryl methyl sites for hydroxylation is 1. The molecule has 10 heteroatoms. The van der Waals surface area contributed by atoms with Crippen LogP contribution in [0.1, 0.15) is 49.9 Å². The van der Waals surface area contributed by atoms with Crippen molar-refractivity contribution in [3.8, 4) is 5.69 Å². The van der Waals surface area contributed by atoms with Gasteiger partial charge in [-0.25, -0.2) is 14.4 Å². The summed E-state index contributed by atoms with van der Waals surface area (Å²) in [4.78, 5) is 39.8. The van der Waals surface area contributed by atoms with Gasteiger partial charge in [0.1, 0.15) is 17.2 Å². The molecule has 0 unspecified atom stereocenters. The Bertz CT molecular complexity index is 1810. The molecule has 0 saturated heterocycles. The van der Waals surface area contributed by atoms with E-state index < -0.39 is 17.4 Å². The number of fused-ring (bicyclic) bond motifs is 2. The van der Waals surface area contributed by atoms with Gasteiger partial charge in [0.15, 0.2) is 5.58 Å². The fourth-order valence-electron chi connectivity index (χ4n) is 4.90. The van der Waals surface area contributed by atoms with Gasteiger partial charge in [-0.2, -0.15) is 0 Å². The molecule has 0 saturated carbocycles. The molecule has 3 heterocycles. The molecule has 1 aliphatic rings. The number of carboxylic acids is 1. The average Bonchev–Trinajstić information content (AvgIpc) is 3.57. The first-order valence-electron chi connectivity index (χ1n) is 13.0. The number of rotatable bonds is 8. The summed E-state index contributed by atoms with van der Waals surface area (Å²) < 4.78 is 21.0. The van der Waals surface area contributed by atoms with Crippen molar-refractivity contribution in [2.24, 2.45) is 5.16 Å². The molecular formula is C30H25FN4O5. The van der Waals surface area contributed by atoms with Gasteiger partial charge in [-0.3, -0.25) is 14.2 Å². The highest BCUT2D eigenvalue weighted by Crippen LogP contribution is 2.37. The first kappa shape index (κ1) is 25.4. The number of para-hydroxylation sites is 2. The van der Waals surface area contributed by atoms with Gasteiger partial charge in [0.2, 0.25) is 11.5 Å². The van der Waals surface area contributed by atoms with Crippen molar-refractivity contribution in [3.63, 3.8) is 0 Å². The lowest BCUT2D eigenvalue weighted by molar-refractivity contribution is -0.137. The minimum absolute atomic E-state index is 0.0250. The van der Waals surface area contributed by atoms with Crippen molar-refractivity contribution in [3.05, 3.63) is 100 Å². The second-order valence-electron chi connectivity index (χ2n) is 10.0. The number of carboxylic acid groups (broad SMARTS) is 1. The van der Waals surface area contributed by atoms with Crippen molar-refractivity contribution < 1.29 is 23.5 Å². The third-order valence-electron chi connectivity index (χ3n) is 7.01. The third-order valence-corrected chi connectivity index (χ3v) is 7.01. The second kappa shape index (κ2) is 10.0. The summed E-state index contributed by atoms with van der Waals surface area (Å²) in [5.74, 6) is -0.399. The minimum atomic E-state index is -0.891. The molecule has 1 N–H and O–H groups in total. The van der Waals surface area contributed by atoms with E-state index in [1.807, 2.05) is 31.2 Å². The zero-order chi connectivity index (χ0) is 27.9. The van der Waals surface area contributed by atoms with Gasteiger partial charge in [-0.05, 0) is 68.3 Å². The topological polar surface area (TPSA) is 120 Å². The Morgan fingerprint density at radius 1 is 1.05 bits per heavy atom. The molecule has 0 amide bonds. The standard InChI is InChI=1S/C30H25FN4O5/c1-30(29-33-22-6-2-3-7-25(22)39-29)17-24(34-40-30)18-10-15-21-23(16-18)32-26(8-4-5-9-27(36)37)35(28(21)38)20-13-11-19(31)12-14-20/h2-3,6-7,10-16H,4-5,8-9,17H2,1H3,(H,36,37)/t30-/m1/s1. The molecule has 2 aromatic heterocycles. The van der Waals surface area contributed by atoms with Crippen LogP contribution in [0, 0.1) is 5.82 Å². The largest absolute Gasteiger partial charge is 0.481 e. The second-order valence-corrected chi connectivity index (χ2v) is 10.0. The van der Waals surface area contributed by atoms with Gasteiger partial charge < -0.3 is 14.4 Å². The van der Waals surface area contributed by atoms with E-state index in [9.17, 15) is 14.0 Å². The van der Waals surface area contributed by atoms with Crippen molar-refractivity contribution >= 4 is 33.7 Å². The molecule has 6 rings (SSSR count). The molecule has 202 valence electrons. The fourth-order valence-corrected chi connectivity index (χ4v) is 4.90. The van der Waals surface area contributed by atoms with E-state index in [0.29, 0.717) is 65.3 Å². The number of carbonyl (C=O) groups is 1. The van der Waals surface area contributed by atoms with E-state index in [2.05, 4.69) is 10.1 Å². The van der Waals surface area contributed by atoms with Crippen molar-refractivity contribution in [1.82, 2.24) is 14.5 Å². The lowest BCUT2D eigenvalue weighted by Crippen LogP contribution is -2.24. The Labute approximate surface area is 227 Å². The SMILES string of the molecule is C[C@]1(c2nc3ccccc3o2)CC(c2ccc3c(=O)n(-c4ccc(F)cc4)c(CCCCC(=O)O)nc3c2)=NO1. The number of oxazole rings is 1. The summed E-state index contributed by atoms with van der Waals surface area (Å²) >= 11 is 0. The molecule has 9 nitrogen and oxygen atoms in total. The van der Waals surface area contributed by atoms with Crippen LogP contribution in [0.5, 0.6) is 0 Å². The van der Waals surface area contributed by atoms with E-state index >= 15 is 0 Å². The van der Waals surface area contributed by atoms with Crippen LogP contribution in [0.25, 0.3) is 27.7 Å². The Hall–Kier alpha value is -4.86. The minimum Gasteiger partial charge on any atom is -0.481 e. The van der Waals surface area contributed by atoms with E-state index in [4.69, 9.17) is 19.3 Å². The molecule has 3 aromatic carbocycles. The molecule has 0 radical (unpaired) electrons. The smallest absolute Gasteiger partial charge is 0.303 e. The normalized spacial score (nSPS) is 16.8. The number of aliphatic carboxylic acids is 1. The predicted octanol–water partition coefficient (Wildman–Crippen LogP) is 5.50. The van der Waals surface area contributed by atoms with E-state index in [1.165, 1.54) is 28.8 Å². The van der Waals surface area contributed by atoms with Crippen LogP contribution >= 0.6 is 0 Å². The number of benzene rings is 3. The van der Waals surface area contributed by atoms with Gasteiger partial charge in [-0.15, -0.1) is 0 Å². The first-order chi connectivity index (χ1) is 19.3. The number of hydrogen-bond donors (Lipinski definition) is 1. The van der Waals surface area contributed by atoms with Gasteiger partial charge in [0.05, 0.1) is 22.3 Å². The number of aromatic nitrogens is 3. The van der Waals surface area contributed by atoms with Gasteiger partial charge in [0, 0.05) is 24.8 Å². The van der Waals surface area contributed by atoms with Crippen molar-refractivity contribution in [1.29, 1.82) is 0 Å². The highest BCUT2D eigenvalue weighted by atomic mass is 19.1. The monoisotopic (exact) mass is 540 g/mol. The molecule has 40 heavy (non-hydrogen) atoms. The van der Waals surface area contributed by atoms with Gasteiger partial charge in [0.25, 0.3) is 5.56 Å². The van der Waals surface area contributed by atoms with Crippen LogP contribution in [0.15, 0.2) is 81.1 Å². The Morgan fingerprint density at radius 2 is 1.85 bits per heavy atom. The molecule has 1 atom stereocenters. The van der Waals surface area contributed by atoms with E-state index in [-0.39, 0.29) is 12.0 Å². The highest BCUT2D eigenvalue weighted by Gasteiger charge is 2.41. The van der Waals surface area contributed by atoms with Crippen LogP contribution in [0.3, 0.4) is 0 Å². The van der Waals surface area contributed by atoms with E-state index in [1.54, 1.807) is 18.2 Å². The van der Waals surface area contributed by atoms with Gasteiger partial charge >= 0.3 is 5.97 Å². The molecule has 0 fully saturated rings. The summed E-state index contributed by atoms with van der Waals surface area (Å²) in [7, 11) is 0. The molecule has 0 bridgehead atoms. The maximum Gasteiger partial charge on any atom is 0.303 e. The third kappa shape index (κ3) is 4.72. The zero-order valence-electron chi connectivity index (χ0n) is 21.6. The van der Waals surface area contributed by atoms with Crippen LogP contribution < -0.4 is 5.56 Å². The fraction of sp³-hybridized carbons (Fsp3) is 0.233. The maximum atomic E-state index is 13.6. The lowest BCUT2D eigenvalue weighted by atomic mass is 9.95. The Balaban J connectivity index is 1.34. The van der Waals surface area contributed by atoms with Crippen LogP contribution in [-0.2, 0) is 21.7 Å². The highest BCUT2D eigenvalue weighted by molar-refractivity contribution is 6.03. The van der Waals surface area contributed by atoms with Crippen molar-refractivity contribution in [2.75, 3.05) is 0 Å². The van der Waals surface area contributed by atoms with Crippen LogP contribution in [0.4, 0.5) is 4.39 Å². The summed E-state index contributed by atoms with van der Waals surface area (Å²) in [6.45, 7) is 1.87. The first-order valence-corrected chi connectivity index (χ1v) is 13.0. The summed E-state index contributed by atoms with van der Waals surface area (Å²) in [5.41, 5.74) is 2.59. The number of oxime groups is 1. The Kier molecular flexibility index (Phi) is 6.37. The maximum absolute atomic E-state index is 13.6. The molecular weight excluding hydrogens is 515 g/mol. The molecule has 0 spiro atoms. The lowest BCUT2D eigenvalue weighted by Gasteiger charge is -2.16. The summed E-state index contributed by atoms with van der Waals surface area (Å²) in [5, 5.41) is 13.7. The average molecular weight is 541 g/mol. The number of hydrogen-bond acceptors (Lipinski definition) is 7. The molecule has 1 aliphatic heterocycles. The Morgan fingerprint density at radius 3 is 2.62 bits per heavy atom. The van der Waals surface area contributed by atoms with Crippen LogP contribution in [-0.4, -0.2) is 31.3 Å². The van der Waals surface area contributed by atoms with Crippen LogP contribution in [0.2, 0.25) is 0 Å². The molecule has 0 aliphatic carbocycles. The number of nitrogens with zero attached hydrogens (tertiary/aromatic N) is 4. The quantitative estimate of drug-likeness (QED) is 0.258. The number of halogens is 1. The van der Waals surface area contributed by atoms with E-state index in [0.717, 1.165) is 11.1 Å².